The molecule has 17 heteroatoms. The second-order valence-corrected chi connectivity index (χ2v) is 14.2. The molecule has 0 amide bonds. The average molecular weight is 744 g/mol. The van der Waals surface area contributed by atoms with Crippen molar-refractivity contribution in [3.63, 3.8) is 0 Å². The molecular formula is C35H35ClF5N9O2. The largest absolute Gasteiger partial charge is 0.475 e. The number of rotatable bonds is 5. The van der Waals surface area contributed by atoms with Crippen LogP contribution in [-0.4, -0.2) is 86.0 Å². The van der Waals surface area contributed by atoms with E-state index in [0.29, 0.717) is 29.1 Å². The van der Waals surface area contributed by atoms with Crippen molar-refractivity contribution in [2.45, 2.75) is 75.7 Å². The molecule has 52 heavy (non-hydrogen) atoms. The van der Waals surface area contributed by atoms with Crippen molar-refractivity contribution in [3.8, 4) is 23.1 Å². The lowest BCUT2D eigenvalue weighted by Crippen LogP contribution is -2.39. The summed E-state index contributed by atoms with van der Waals surface area (Å²) in [6.07, 6.45) is 4.79. The Morgan fingerprint density at radius 1 is 1.17 bits per heavy atom. The number of hydrogen-bond donors (Lipinski definition) is 2. The van der Waals surface area contributed by atoms with Gasteiger partial charge in [0, 0.05) is 40.5 Å². The smallest absolute Gasteiger partial charge is 0.318 e. The van der Waals surface area contributed by atoms with E-state index < -0.39 is 48.2 Å². The van der Waals surface area contributed by atoms with Gasteiger partial charge in [0.05, 0.1) is 43.0 Å². The third kappa shape index (κ3) is 5.79. The van der Waals surface area contributed by atoms with E-state index in [9.17, 15) is 17.6 Å². The zero-order valence-electron chi connectivity index (χ0n) is 28.4. The number of nitrogen functional groups attached to an aromatic ring is 1. The summed E-state index contributed by atoms with van der Waals surface area (Å²) in [5, 5.41) is 7.28. The van der Waals surface area contributed by atoms with Gasteiger partial charge in [-0.05, 0) is 57.4 Å². The number of benzene rings is 1. The first kappa shape index (κ1) is 34.5. The molecule has 4 unspecified atom stereocenters. The highest BCUT2D eigenvalue weighted by Crippen LogP contribution is 2.60. The van der Waals surface area contributed by atoms with Crippen LogP contribution in [0, 0.1) is 11.6 Å². The quantitative estimate of drug-likeness (QED) is 0.179. The molecule has 2 saturated heterocycles. The monoisotopic (exact) mass is 743 g/mol. The molecule has 0 bridgehead atoms. The zero-order chi connectivity index (χ0) is 36.6. The standard InChI is InChI=1S/C28H23ClF4N8O2.C7H12FN/c1-10-9-43-26-20-23(38-27(42-3)39-25(20)41(10)11(2)13-4-12(30)7-35-24(13)34)21(31)22(37-26)18-14-8-36-40-17(14)5-16(29)19(18)15-6-28(15,32)33;8-6-4-7-2-1-3-9(7)5-6/h4-5,7-8,10-11,15H,6,9H2,1-3H3,(H2,34,35)(H,36,40);6-7H,1-5H2/t10-,11?,15?;/m0./s1. The lowest BCUT2D eigenvalue weighted by molar-refractivity contribution is 0.112. The van der Waals surface area contributed by atoms with Gasteiger partial charge in [-0.3, -0.25) is 10.00 Å². The second kappa shape index (κ2) is 12.8. The summed E-state index contributed by atoms with van der Waals surface area (Å²) in [6.45, 7) is 5.51. The SMILES string of the molecule is COc1nc2c3c(nc(-c4c(C5CC5(F)F)c(Cl)cc5[nH]ncc45)c(F)c3n1)OC[C@H](C)N2C(C)c1cc(F)cnc1N.FC1CC2CCCN2C1. The number of anilines is 2. The Hall–Kier alpha value is -4.57. The van der Waals surface area contributed by atoms with Crippen LogP contribution >= 0.6 is 11.6 Å². The molecule has 5 atom stereocenters. The number of halogens is 6. The molecule has 274 valence electrons. The van der Waals surface area contributed by atoms with Gasteiger partial charge in [0.1, 0.15) is 46.8 Å². The van der Waals surface area contributed by atoms with E-state index in [1.54, 1.807) is 11.8 Å². The van der Waals surface area contributed by atoms with E-state index in [2.05, 4.69) is 35.0 Å². The van der Waals surface area contributed by atoms with Gasteiger partial charge in [-0.15, -0.1) is 0 Å². The topological polar surface area (TPSA) is 131 Å². The van der Waals surface area contributed by atoms with Crippen LogP contribution in [0.2, 0.25) is 5.02 Å². The number of H-pyrrole nitrogens is 1. The van der Waals surface area contributed by atoms with Crippen molar-refractivity contribution in [1.82, 2.24) is 35.0 Å². The molecule has 3 N–H and O–H groups in total. The number of methoxy groups -OCH3 is 1. The maximum Gasteiger partial charge on any atom is 0.318 e. The first-order valence-electron chi connectivity index (χ1n) is 17.0. The molecule has 3 fully saturated rings. The van der Waals surface area contributed by atoms with Gasteiger partial charge in [-0.25, -0.2) is 31.9 Å². The third-order valence-corrected chi connectivity index (χ3v) is 10.8. The van der Waals surface area contributed by atoms with Crippen molar-refractivity contribution in [1.29, 1.82) is 0 Å². The summed E-state index contributed by atoms with van der Waals surface area (Å²) in [5.74, 6) is -5.47. The molecule has 5 aromatic rings. The Kier molecular flexibility index (Phi) is 8.51. The minimum Gasteiger partial charge on any atom is -0.475 e. The first-order valence-corrected chi connectivity index (χ1v) is 17.4. The van der Waals surface area contributed by atoms with E-state index in [-0.39, 0.29) is 62.9 Å². The lowest BCUT2D eigenvalue weighted by atomic mass is 9.95. The van der Waals surface area contributed by atoms with Crippen molar-refractivity contribution < 1.29 is 31.4 Å². The molecule has 7 heterocycles. The van der Waals surface area contributed by atoms with Gasteiger partial charge >= 0.3 is 6.01 Å². The normalized spacial score (nSPS) is 23.9. The summed E-state index contributed by atoms with van der Waals surface area (Å²) >= 11 is 6.53. The number of nitrogens with one attached hydrogen (secondary N) is 1. The van der Waals surface area contributed by atoms with Crippen LogP contribution in [0.5, 0.6) is 11.9 Å². The number of ether oxygens (including phenoxy) is 2. The number of aromatic amines is 1. The zero-order valence-corrected chi connectivity index (χ0v) is 29.2. The fourth-order valence-electron chi connectivity index (χ4n) is 7.88. The van der Waals surface area contributed by atoms with Crippen LogP contribution in [0.25, 0.3) is 33.1 Å². The summed E-state index contributed by atoms with van der Waals surface area (Å²) < 4.78 is 84.0. The van der Waals surface area contributed by atoms with Crippen LogP contribution in [-0.2, 0) is 0 Å². The highest BCUT2D eigenvalue weighted by Gasteiger charge is 2.59. The van der Waals surface area contributed by atoms with Gasteiger partial charge < -0.3 is 20.1 Å². The molecule has 3 aliphatic heterocycles. The molecule has 4 aliphatic rings. The van der Waals surface area contributed by atoms with E-state index in [4.69, 9.17) is 26.8 Å². The second-order valence-electron chi connectivity index (χ2n) is 13.8. The molecule has 4 aromatic heterocycles. The fourth-order valence-corrected chi connectivity index (χ4v) is 8.21. The van der Waals surface area contributed by atoms with Gasteiger partial charge in [-0.1, -0.05) is 11.6 Å². The van der Waals surface area contributed by atoms with Crippen molar-refractivity contribution in [2.75, 3.05) is 37.4 Å². The van der Waals surface area contributed by atoms with Gasteiger partial charge in [-0.2, -0.15) is 15.1 Å². The lowest BCUT2D eigenvalue weighted by Gasteiger charge is -2.34. The number of fused-ring (bicyclic) bond motifs is 2. The highest BCUT2D eigenvalue weighted by atomic mass is 35.5. The highest BCUT2D eigenvalue weighted by molar-refractivity contribution is 6.33. The summed E-state index contributed by atoms with van der Waals surface area (Å²) in [7, 11) is 1.33. The van der Waals surface area contributed by atoms with Crippen LogP contribution in [0.15, 0.2) is 24.5 Å². The Labute approximate surface area is 299 Å². The minimum absolute atomic E-state index is 0.0258. The molecule has 9 rings (SSSR count). The first-order chi connectivity index (χ1) is 24.9. The van der Waals surface area contributed by atoms with Crippen molar-refractivity contribution >= 4 is 45.0 Å². The molecule has 11 nitrogen and oxygen atoms in total. The van der Waals surface area contributed by atoms with Crippen molar-refractivity contribution in [2.24, 2.45) is 0 Å². The van der Waals surface area contributed by atoms with E-state index in [1.165, 1.54) is 38.3 Å². The maximum atomic E-state index is 16.8. The van der Waals surface area contributed by atoms with Crippen molar-refractivity contribution in [3.05, 3.63) is 52.3 Å². The van der Waals surface area contributed by atoms with Gasteiger partial charge in [0.2, 0.25) is 5.88 Å². The Morgan fingerprint density at radius 3 is 2.69 bits per heavy atom. The van der Waals surface area contributed by atoms with E-state index in [1.807, 2.05) is 6.92 Å². The predicted molar refractivity (Wildman–Crippen MR) is 185 cm³/mol. The van der Waals surface area contributed by atoms with Gasteiger partial charge in [0.25, 0.3) is 5.92 Å². The molecule has 0 spiro atoms. The number of nitrogens with zero attached hydrogens (tertiary/aromatic N) is 7. The molecule has 1 saturated carbocycles. The van der Waals surface area contributed by atoms with E-state index in [0.717, 1.165) is 19.2 Å². The molecule has 1 aromatic carbocycles. The summed E-state index contributed by atoms with van der Waals surface area (Å²) in [6, 6.07) is 2.16. The van der Waals surface area contributed by atoms with Crippen LogP contribution in [0.3, 0.4) is 0 Å². The van der Waals surface area contributed by atoms with Crippen LogP contribution in [0.4, 0.5) is 33.6 Å². The maximum absolute atomic E-state index is 16.8. The number of aromatic nitrogens is 6. The molecular weight excluding hydrogens is 709 g/mol. The third-order valence-electron chi connectivity index (χ3n) is 10.5. The van der Waals surface area contributed by atoms with E-state index >= 15 is 4.39 Å². The van der Waals surface area contributed by atoms with Crippen LogP contribution in [0.1, 0.15) is 62.6 Å². The predicted octanol–water partition coefficient (Wildman–Crippen LogP) is 7.15. The summed E-state index contributed by atoms with van der Waals surface area (Å²) in [5.41, 5.74) is 6.53. The average Bonchev–Trinajstić information content (AvgIpc) is 3.47. The number of pyridine rings is 2. The fraction of sp³-hybridized carbons (Fsp3) is 0.457. The Balaban J connectivity index is 0.000000372. The number of nitrogens with two attached hydrogens (primary N) is 1. The summed E-state index contributed by atoms with van der Waals surface area (Å²) in [4.78, 5) is 21.4. The Morgan fingerprint density at radius 2 is 1.96 bits per heavy atom. The Bertz CT molecular complexity index is 2190. The molecule has 0 radical (unpaired) electrons. The van der Waals surface area contributed by atoms with Crippen LogP contribution < -0.4 is 20.1 Å². The van der Waals surface area contributed by atoms with Gasteiger partial charge in [0.15, 0.2) is 5.82 Å². The minimum atomic E-state index is -3.01. The molecule has 1 aliphatic carbocycles. The number of hydrogen-bond acceptors (Lipinski definition) is 10. The number of alkyl halides is 3.